The van der Waals surface area contributed by atoms with E-state index in [4.69, 9.17) is 10.4 Å². The van der Waals surface area contributed by atoms with Gasteiger partial charge in [0.25, 0.3) is 0 Å². The Morgan fingerprint density at radius 3 is 3.00 bits per heavy atom. The van der Waals surface area contributed by atoms with E-state index in [9.17, 15) is 4.79 Å². The van der Waals surface area contributed by atoms with Gasteiger partial charge in [-0.15, -0.1) is 0 Å². The molecule has 2 rings (SSSR count). The van der Waals surface area contributed by atoms with Gasteiger partial charge < -0.3 is 10.0 Å². The number of rotatable bonds is 2. The molecular weight excluding hydrogens is 232 g/mol. The minimum absolute atomic E-state index is 0.0277. The summed E-state index contributed by atoms with van der Waals surface area (Å²) in [4.78, 5) is 18.9. The minimum Gasteiger partial charge on any atom is -0.477 e. The predicted molar refractivity (Wildman–Crippen MR) is 65.4 cm³/mol. The summed E-state index contributed by atoms with van der Waals surface area (Å²) in [6.45, 7) is 2.05. The maximum Gasteiger partial charge on any atom is 0.354 e. The Hall–Kier alpha value is -2.13. The van der Waals surface area contributed by atoms with Crippen LogP contribution in [0.1, 0.15) is 10.5 Å². The van der Waals surface area contributed by atoms with Gasteiger partial charge in [-0.05, 0) is 19.2 Å². The number of nitrogens with zero attached hydrogens (tertiary/aromatic N) is 4. The lowest BCUT2D eigenvalue weighted by Gasteiger charge is -2.36. The summed E-state index contributed by atoms with van der Waals surface area (Å²) in [5, 5.41) is 17.9. The molecule has 0 spiro atoms. The van der Waals surface area contributed by atoms with Crippen molar-refractivity contribution >= 4 is 11.8 Å². The van der Waals surface area contributed by atoms with Gasteiger partial charge in [-0.2, -0.15) is 5.26 Å². The molecule has 18 heavy (non-hydrogen) atoms. The molecule has 1 fully saturated rings. The van der Waals surface area contributed by atoms with Crippen LogP contribution < -0.4 is 4.90 Å². The lowest BCUT2D eigenvalue weighted by atomic mass is 10.2. The molecule has 1 aromatic heterocycles. The monoisotopic (exact) mass is 246 g/mol. The van der Waals surface area contributed by atoms with Crippen molar-refractivity contribution in [1.29, 1.82) is 5.26 Å². The van der Waals surface area contributed by atoms with E-state index in [1.165, 1.54) is 6.07 Å². The van der Waals surface area contributed by atoms with Crippen molar-refractivity contribution in [3.63, 3.8) is 0 Å². The number of hydrogen-bond acceptors (Lipinski definition) is 5. The van der Waals surface area contributed by atoms with Gasteiger partial charge in [0.1, 0.15) is 11.9 Å². The van der Waals surface area contributed by atoms with Crippen molar-refractivity contribution < 1.29 is 9.90 Å². The van der Waals surface area contributed by atoms with Gasteiger partial charge in [-0.25, -0.2) is 9.78 Å². The first-order valence-electron chi connectivity index (χ1n) is 5.67. The minimum atomic E-state index is -1.04. The molecule has 1 aromatic rings. The number of carbonyl (C=O) groups is 1. The molecule has 1 N–H and O–H groups in total. The number of nitriles is 1. The molecule has 6 heteroatoms. The molecule has 1 saturated heterocycles. The SMILES string of the molecule is CN1CCN(c2cccc(C(=O)O)n2)CC1C#N. The van der Waals surface area contributed by atoms with E-state index in [-0.39, 0.29) is 11.7 Å². The molecule has 1 atom stereocenters. The molecule has 1 aliphatic heterocycles. The van der Waals surface area contributed by atoms with Gasteiger partial charge >= 0.3 is 5.97 Å². The zero-order chi connectivity index (χ0) is 13.1. The van der Waals surface area contributed by atoms with Crippen molar-refractivity contribution in [1.82, 2.24) is 9.88 Å². The topological polar surface area (TPSA) is 80.5 Å². The number of piperazine rings is 1. The first-order valence-corrected chi connectivity index (χ1v) is 5.67. The van der Waals surface area contributed by atoms with Crippen molar-refractivity contribution in [3.8, 4) is 6.07 Å². The standard InChI is InChI=1S/C12H14N4O2/c1-15-5-6-16(8-9(15)7-13)11-4-2-3-10(14-11)12(17)18/h2-4,9H,5-6,8H2,1H3,(H,17,18). The van der Waals surface area contributed by atoms with Crippen LogP contribution in [0.2, 0.25) is 0 Å². The number of anilines is 1. The zero-order valence-corrected chi connectivity index (χ0v) is 10.1. The van der Waals surface area contributed by atoms with Crippen LogP contribution in [0, 0.1) is 11.3 Å². The zero-order valence-electron chi connectivity index (χ0n) is 10.1. The quantitative estimate of drug-likeness (QED) is 0.814. The van der Waals surface area contributed by atoms with E-state index in [2.05, 4.69) is 11.1 Å². The lowest BCUT2D eigenvalue weighted by Crippen LogP contribution is -2.51. The Kier molecular flexibility index (Phi) is 3.44. The lowest BCUT2D eigenvalue weighted by molar-refractivity contribution is 0.0690. The summed E-state index contributed by atoms with van der Waals surface area (Å²) >= 11 is 0. The third kappa shape index (κ3) is 2.41. The molecule has 2 heterocycles. The van der Waals surface area contributed by atoms with E-state index in [0.717, 1.165) is 13.1 Å². The van der Waals surface area contributed by atoms with Crippen LogP contribution in [0.5, 0.6) is 0 Å². The average molecular weight is 246 g/mol. The van der Waals surface area contributed by atoms with Gasteiger partial charge in [-0.3, -0.25) is 4.90 Å². The summed E-state index contributed by atoms with van der Waals surface area (Å²) in [6.07, 6.45) is 0. The highest BCUT2D eigenvalue weighted by atomic mass is 16.4. The third-order valence-corrected chi connectivity index (χ3v) is 3.07. The number of carboxylic acid groups (broad SMARTS) is 1. The molecule has 0 saturated carbocycles. The fraction of sp³-hybridized carbons (Fsp3) is 0.417. The fourth-order valence-electron chi connectivity index (χ4n) is 1.94. The first kappa shape index (κ1) is 12.3. The maximum absolute atomic E-state index is 10.9. The van der Waals surface area contributed by atoms with Gasteiger partial charge in [-0.1, -0.05) is 6.07 Å². The van der Waals surface area contributed by atoms with Gasteiger partial charge in [0.2, 0.25) is 0 Å². The van der Waals surface area contributed by atoms with Crippen LogP contribution >= 0.6 is 0 Å². The smallest absolute Gasteiger partial charge is 0.354 e. The van der Waals surface area contributed by atoms with Crippen molar-refractivity contribution in [3.05, 3.63) is 23.9 Å². The predicted octanol–water partition coefficient (Wildman–Crippen LogP) is 0.424. The van der Waals surface area contributed by atoms with Gasteiger partial charge in [0.15, 0.2) is 5.69 Å². The number of carboxylic acids is 1. The highest BCUT2D eigenvalue weighted by molar-refractivity contribution is 5.85. The number of aromatic nitrogens is 1. The van der Waals surface area contributed by atoms with Crippen LogP contribution in [0.4, 0.5) is 5.82 Å². The Morgan fingerprint density at radius 2 is 2.33 bits per heavy atom. The molecule has 1 unspecified atom stereocenters. The average Bonchev–Trinajstić information content (AvgIpc) is 2.39. The number of hydrogen-bond donors (Lipinski definition) is 1. The Balaban J connectivity index is 2.19. The summed E-state index contributed by atoms with van der Waals surface area (Å²) in [7, 11) is 1.91. The van der Waals surface area contributed by atoms with E-state index in [1.807, 2.05) is 16.8 Å². The Labute approximate surface area is 105 Å². The van der Waals surface area contributed by atoms with Crippen LogP contribution in [0.3, 0.4) is 0 Å². The van der Waals surface area contributed by atoms with Crippen LogP contribution in [-0.2, 0) is 0 Å². The highest BCUT2D eigenvalue weighted by Gasteiger charge is 2.25. The fourth-order valence-corrected chi connectivity index (χ4v) is 1.94. The molecule has 0 radical (unpaired) electrons. The molecule has 0 aliphatic carbocycles. The van der Waals surface area contributed by atoms with Crippen molar-refractivity contribution in [2.24, 2.45) is 0 Å². The largest absolute Gasteiger partial charge is 0.477 e. The Morgan fingerprint density at radius 1 is 1.56 bits per heavy atom. The number of likely N-dealkylation sites (N-methyl/N-ethyl adjacent to an activating group) is 1. The molecule has 0 amide bonds. The van der Waals surface area contributed by atoms with Crippen LogP contribution in [0.25, 0.3) is 0 Å². The number of aromatic carboxylic acids is 1. The Bertz CT molecular complexity index is 497. The van der Waals surface area contributed by atoms with Crippen LogP contribution in [0.15, 0.2) is 18.2 Å². The second-order valence-electron chi connectivity index (χ2n) is 4.26. The van der Waals surface area contributed by atoms with Gasteiger partial charge in [0, 0.05) is 19.6 Å². The van der Waals surface area contributed by atoms with Crippen molar-refractivity contribution in [2.45, 2.75) is 6.04 Å². The molecule has 0 bridgehead atoms. The van der Waals surface area contributed by atoms with E-state index in [0.29, 0.717) is 12.4 Å². The summed E-state index contributed by atoms with van der Waals surface area (Å²) < 4.78 is 0. The van der Waals surface area contributed by atoms with E-state index < -0.39 is 5.97 Å². The van der Waals surface area contributed by atoms with Crippen LogP contribution in [-0.4, -0.2) is 53.7 Å². The van der Waals surface area contributed by atoms with E-state index in [1.54, 1.807) is 12.1 Å². The highest BCUT2D eigenvalue weighted by Crippen LogP contribution is 2.16. The normalized spacial score (nSPS) is 20.4. The molecule has 1 aliphatic rings. The second kappa shape index (κ2) is 5.02. The van der Waals surface area contributed by atoms with Crippen molar-refractivity contribution in [2.75, 3.05) is 31.6 Å². The molecule has 6 nitrogen and oxygen atoms in total. The third-order valence-electron chi connectivity index (χ3n) is 3.07. The maximum atomic E-state index is 10.9. The molecule has 94 valence electrons. The summed E-state index contributed by atoms with van der Waals surface area (Å²) in [5.41, 5.74) is 0.0277. The molecular formula is C12H14N4O2. The van der Waals surface area contributed by atoms with E-state index >= 15 is 0 Å². The van der Waals surface area contributed by atoms with Gasteiger partial charge in [0.05, 0.1) is 6.07 Å². The summed E-state index contributed by atoms with van der Waals surface area (Å²) in [5.74, 6) is -0.425. The molecule has 0 aromatic carbocycles. The second-order valence-corrected chi connectivity index (χ2v) is 4.26. The first-order chi connectivity index (χ1) is 8.61. The summed E-state index contributed by atoms with van der Waals surface area (Å²) in [6, 6.07) is 6.95. The number of pyridine rings is 1.